The second kappa shape index (κ2) is 4.24. The highest BCUT2D eigenvalue weighted by Gasteiger charge is 2.34. The van der Waals surface area contributed by atoms with Gasteiger partial charge in [-0.05, 0) is 24.8 Å². The molecule has 1 saturated carbocycles. The Bertz CT molecular complexity index is 315. The van der Waals surface area contributed by atoms with Gasteiger partial charge >= 0.3 is 0 Å². The molecule has 1 fully saturated rings. The van der Waals surface area contributed by atoms with Crippen LogP contribution in [-0.4, -0.2) is 17.1 Å². The Morgan fingerprint density at radius 1 is 1.64 bits per heavy atom. The highest BCUT2D eigenvalue weighted by atomic mass is 35.5. The van der Waals surface area contributed by atoms with Crippen LogP contribution < -0.4 is 0 Å². The summed E-state index contributed by atoms with van der Waals surface area (Å²) in [5, 5.41) is 0. The fourth-order valence-electron chi connectivity index (χ4n) is 1.53. The van der Waals surface area contributed by atoms with Crippen molar-refractivity contribution in [2.24, 2.45) is 5.92 Å². The highest BCUT2D eigenvalue weighted by molar-refractivity contribution is 6.16. The number of nitrogens with zero attached hydrogens (tertiary/aromatic N) is 2. The highest BCUT2D eigenvalue weighted by Crippen LogP contribution is 2.41. The molecule has 0 amide bonds. The van der Waals surface area contributed by atoms with Gasteiger partial charge in [-0.1, -0.05) is 0 Å². The van der Waals surface area contributed by atoms with Crippen LogP contribution in [0.2, 0.25) is 0 Å². The van der Waals surface area contributed by atoms with E-state index in [0.717, 1.165) is 11.5 Å². The van der Waals surface area contributed by atoms with Crippen LogP contribution in [0.25, 0.3) is 0 Å². The lowest BCUT2D eigenvalue weighted by Gasteiger charge is -2.12. The average Bonchev–Trinajstić information content (AvgIpc) is 3.04. The van der Waals surface area contributed by atoms with Crippen molar-refractivity contribution in [3.05, 3.63) is 23.8 Å². The molecule has 0 spiro atoms. The molecule has 3 nitrogen and oxygen atoms in total. The van der Waals surface area contributed by atoms with E-state index in [1.807, 2.05) is 6.07 Å². The SMILES string of the molecule is COC(c1nccc(CCl)n1)C1CC1. The predicted octanol–water partition coefficient (Wildman–Crippen LogP) is 2.31. The lowest BCUT2D eigenvalue weighted by Crippen LogP contribution is -2.09. The Hall–Kier alpha value is -0.670. The minimum absolute atomic E-state index is 0.0539. The minimum Gasteiger partial charge on any atom is -0.373 e. The molecule has 0 aliphatic heterocycles. The number of aromatic nitrogens is 2. The van der Waals surface area contributed by atoms with Crippen LogP contribution in [0, 0.1) is 5.92 Å². The first kappa shape index (κ1) is 9.87. The van der Waals surface area contributed by atoms with E-state index >= 15 is 0 Å². The van der Waals surface area contributed by atoms with Crippen LogP contribution >= 0.6 is 11.6 Å². The molecule has 0 radical (unpaired) electrons. The van der Waals surface area contributed by atoms with Crippen molar-refractivity contribution in [2.45, 2.75) is 24.8 Å². The average molecular weight is 213 g/mol. The summed E-state index contributed by atoms with van der Waals surface area (Å²) in [4.78, 5) is 8.58. The third-order valence-electron chi connectivity index (χ3n) is 2.43. The van der Waals surface area contributed by atoms with Crippen molar-refractivity contribution in [1.82, 2.24) is 9.97 Å². The summed E-state index contributed by atoms with van der Waals surface area (Å²) in [5.74, 6) is 1.80. The Morgan fingerprint density at radius 3 is 3.00 bits per heavy atom. The van der Waals surface area contributed by atoms with Gasteiger partial charge in [-0.2, -0.15) is 0 Å². The van der Waals surface area contributed by atoms with E-state index in [9.17, 15) is 0 Å². The zero-order chi connectivity index (χ0) is 9.97. The van der Waals surface area contributed by atoms with Crippen LogP contribution in [0.1, 0.15) is 30.5 Å². The second-order valence-corrected chi connectivity index (χ2v) is 3.80. The molecule has 76 valence electrons. The molecule has 2 rings (SSSR count). The first-order valence-corrected chi connectivity index (χ1v) is 5.29. The van der Waals surface area contributed by atoms with Crippen molar-refractivity contribution in [1.29, 1.82) is 0 Å². The largest absolute Gasteiger partial charge is 0.373 e. The Balaban J connectivity index is 2.20. The van der Waals surface area contributed by atoms with Gasteiger partial charge in [0.1, 0.15) is 6.10 Å². The van der Waals surface area contributed by atoms with Gasteiger partial charge in [0.05, 0.1) is 11.6 Å². The van der Waals surface area contributed by atoms with Crippen LogP contribution in [0.15, 0.2) is 12.3 Å². The molecule has 1 atom stereocenters. The Kier molecular flexibility index (Phi) is 2.99. The second-order valence-electron chi connectivity index (χ2n) is 3.53. The van der Waals surface area contributed by atoms with E-state index in [1.165, 1.54) is 12.8 Å². The van der Waals surface area contributed by atoms with Gasteiger partial charge < -0.3 is 4.74 Å². The molecule has 1 heterocycles. The standard InChI is InChI=1S/C10H13ClN2O/c1-14-9(7-2-3-7)10-12-5-4-8(6-11)13-10/h4-5,7,9H,2-3,6H2,1H3. The number of hydrogen-bond acceptors (Lipinski definition) is 3. The van der Waals surface area contributed by atoms with Crippen molar-refractivity contribution < 1.29 is 4.74 Å². The van der Waals surface area contributed by atoms with E-state index < -0.39 is 0 Å². The Labute approximate surface area is 88.5 Å². The summed E-state index contributed by atoms with van der Waals surface area (Å²) in [6.45, 7) is 0. The number of ether oxygens (including phenoxy) is 1. The van der Waals surface area contributed by atoms with Crippen LogP contribution in [0.4, 0.5) is 0 Å². The summed E-state index contributed by atoms with van der Waals surface area (Å²) in [5.41, 5.74) is 0.861. The quantitative estimate of drug-likeness (QED) is 0.719. The van der Waals surface area contributed by atoms with Gasteiger partial charge in [0, 0.05) is 13.3 Å². The van der Waals surface area contributed by atoms with E-state index in [0.29, 0.717) is 11.8 Å². The van der Waals surface area contributed by atoms with Gasteiger partial charge in [-0.3, -0.25) is 0 Å². The lowest BCUT2D eigenvalue weighted by molar-refractivity contribution is 0.0770. The molecule has 0 saturated heterocycles. The molecular formula is C10H13ClN2O. The maximum absolute atomic E-state index is 5.71. The van der Waals surface area contributed by atoms with Crippen molar-refractivity contribution in [3.8, 4) is 0 Å². The van der Waals surface area contributed by atoms with Crippen LogP contribution in [0.5, 0.6) is 0 Å². The summed E-state index contributed by atoms with van der Waals surface area (Å²) in [6.07, 6.45) is 4.23. The Morgan fingerprint density at radius 2 is 2.43 bits per heavy atom. The predicted molar refractivity (Wildman–Crippen MR) is 54.1 cm³/mol. The zero-order valence-corrected chi connectivity index (χ0v) is 8.87. The third kappa shape index (κ3) is 2.04. The summed E-state index contributed by atoms with van der Waals surface area (Å²) >= 11 is 5.71. The van der Waals surface area contributed by atoms with E-state index in [4.69, 9.17) is 16.3 Å². The summed E-state index contributed by atoms with van der Waals surface area (Å²) < 4.78 is 5.39. The van der Waals surface area contributed by atoms with Gasteiger partial charge in [-0.15, -0.1) is 11.6 Å². The number of rotatable bonds is 4. The molecule has 4 heteroatoms. The van der Waals surface area contributed by atoms with E-state index in [1.54, 1.807) is 13.3 Å². The minimum atomic E-state index is 0.0539. The molecule has 0 N–H and O–H groups in total. The molecule has 14 heavy (non-hydrogen) atoms. The fraction of sp³-hybridized carbons (Fsp3) is 0.600. The third-order valence-corrected chi connectivity index (χ3v) is 2.70. The summed E-state index contributed by atoms with van der Waals surface area (Å²) in [6, 6.07) is 1.83. The number of hydrogen-bond donors (Lipinski definition) is 0. The zero-order valence-electron chi connectivity index (χ0n) is 8.11. The van der Waals surface area contributed by atoms with Crippen molar-refractivity contribution >= 4 is 11.6 Å². The molecule has 0 bridgehead atoms. The molecule has 1 aromatic rings. The van der Waals surface area contributed by atoms with Crippen molar-refractivity contribution in [2.75, 3.05) is 7.11 Å². The van der Waals surface area contributed by atoms with E-state index in [-0.39, 0.29) is 6.10 Å². The number of alkyl halides is 1. The lowest BCUT2D eigenvalue weighted by atomic mass is 10.2. The van der Waals surface area contributed by atoms with Gasteiger partial charge in [0.2, 0.25) is 0 Å². The molecular weight excluding hydrogens is 200 g/mol. The maximum Gasteiger partial charge on any atom is 0.157 e. The fourth-order valence-corrected chi connectivity index (χ4v) is 1.68. The number of methoxy groups -OCH3 is 1. The van der Waals surface area contributed by atoms with Crippen LogP contribution in [-0.2, 0) is 10.6 Å². The molecule has 1 aliphatic carbocycles. The van der Waals surface area contributed by atoms with Gasteiger partial charge in [0.25, 0.3) is 0 Å². The van der Waals surface area contributed by atoms with Crippen LogP contribution in [0.3, 0.4) is 0 Å². The molecule has 1 unspecified atom stereocenters. The molecule has 1 aliphatic rings. The molecule has 0 aromatic carbocycles. The van der Waals surface area contributed by atoms with Gasteiger partial charge in [-0.25, -0.2) is 9.97 Å². The first-order valence-electron chi connectivity index (χ1n) is 4.75. The molecule has 1 aromatic heterocycles. The number of halogens is 1. The topological polar surface area (TPSA) is 35.0 Å². The first-order chi connectivity index (χ1) is 6.85. The summed E-state index contributed by atoms with van der Waals surface area (Å²) in [7, 11) is 1.71. The smallest absolute Gasteiger partial charge is 0.157 e. The van der Waals surface area contributed by atoms with Gasteiger partial charge in [0.15, 0.2) is 5.82 Å². The maximum atomic E-state index is 5.71. The van der Waals surface area contributed by atoms with E-state index in [2.05, 4.69) is 9.97 Å². The van der Waals surface area contributed by atoms with Crippen molar-refractivity contribution in [3.63, 3.8) is 0 Å². The monoisotopic (exact) mass is 212 g/mol. The normalized spacial score (nSPS) is 18.1.